The average Bonchev–Trinajstić information content (AvgIpc) is 2.45. The lowest BCUT2D eigenvalue weighted by Crippen LogP contribution is -2.27. The molecule has 0 heterocycles. The van der Waals surface area contributed by atoms with Gasteiger partial charge in [-0.15, -0.1) is 0 Å². The average molecular weight is 275 g/mol. The Morgan fingerprint density at radius 3 is 2.10 bits per heavy atom. The van der Waals surface area contributed by atoms with Crippen LogP contribution in [0.3, 0.4) is 0 Å². The number of benzene rings is 1. The molecule has 0 spiro atoms. The van der Waals surface area contributed by atoms with Crippen LogP contribution in [0.5, 0.6) is 0 Å². The summed E-state index contributed by atoms with van der Waals surface area (Å²) in [4.78, 5) is 0. The van der Waals surface area contributed by atoms with Crippen molar-refractivity contribution in [1.29, 1.82) is 0 Å². The summed E-state index contributed by atoms with van der Waals surface area (Å²) in [5.41, 5.74) is 3.16. The molecule has 0 bridgehead atoms. The second-order valence-electron chi connectivity index (χ2n) is 6.66. The molecule has 0 amide bonds. The molecular formula is C19H33N. The molecule has 0 saturated heterocycles. The van der Waals surface area contributed by atoms with Gasteiger partial charge < -0.3 is 5.32 Å². The third-order valence-electron chi connectivity index (χ3n) is 4.67. The van der Waals surface area contributed by atoms with E-state index in [1.165, 1.54) is 30.4 Å². The van der Waals surface area contributed by atoms with Crippen molar-refractivity contribution in [1.82, 2.24) is 5.32 Å². The smallest absolute Gasteiger partial charge is 0.0345 e. The molecule has 0 aromatic heterocycles. The minimum atomic E-state index is 0.279. The first-order valence-corrected chi connectivity index (χ1v) is 8.30. The predicted molar refractivity (Wildman–Crippen MR) is 90.2 cm³/mol. The first kappa shape index (κ1) is 17.2. The summed E-state index contributed by atoms with van der Waals surface area (Å²) in [5.74, 6) is 0.685. The van der Waals surface area contributed by atoms with Crippen LogP contribution in [0, 0.1) is 5.92 Å². The van der Waals surface area contributed by atoms with Gasteiger partial charge in [0.15, 0.2) is 0 Å². The van der Waals surface area contributed by atoms with Crippen molar-refractivity contribution in [3.05, 3.63) is 35.4 Å². The lowest BCUT2D eigenvalue weighted by Gasteiger charge is -2.27. The summed E-state index contributed by atoms with van der Waals surface area (Å²) in [6, 6.07) is 9.78. The van der Waals surface area contributed by atoms with E-state index in [-0.39, 0.29) is 5.41 Å². The van der Waals surface area contributed by atoms with Gasteiger partial charge >= 0.3 is 0 Å². The van der Waals surface area contributed by atoms with E-state index in [9.17, 15) is 0 Å². The lowest BCUT2D eigenvalue weighted by molar-refractivity contribution is 0.369. The Morgan fingerprint density at radius 2 is 1.65 bits per heavy atom. The van der Waals surface area contributed by atoms with Crippen LogP contribution < -0.4 is 5.32 Å². The summed E-state index contributed by atoms with van der Waals surface area (Å²) < 4.78 is 0. The molecular weight excluding hydrogens is 242 g/mol. The zero-order chi connectivity index (χ0) is 15.2. The summed E-state index contributed by atoms with van der Waals surface area (Å²) in [7, 11) is 0. The monoisotopic (exact) mass is 275 g/mol. The van der Waals surface area contributed by atoms with Crippen LogP contribution in [0.4, 0.5) is 0 Å². The third-order valence-corrected chi connectivity index (χ3v) is 4.67. The van der Waals surface area contributed by atoms with Gasteiger partial charge in [0.2, 0.25) is 0 Å². The topological polar surface area (TPSA) is 12.0 Å². The van der Waals surface area contributed by atoms with E-state index in [1.54, 1.807) is 0 Å². The van der Waals surface area contributed by atoms with Gasteiger partial charge in [0.1, 0.15) is 0 Å². The minimum Gasteiger partial charge on any atom is -0.310 e. The first-order valence-electron chi connectivity index (χ1n) is 8.30. The van der Waals surface area contributed by atoms with Gasteiger partial charge in [0.25, 0.3) is 0 Å². The molecule has 0 fully saturated rings. The predicted octanol–water partition coefficient (Wildman–Crippen LogP) is 5.46. The van der Waals surface area contributed by atoms with Crippen molar-refractivity contribution >= 4 is 0 Å². The van der Waals surface area contributed by atoms with E-state index < -0.39 is 0 Å². The number of nitrogens with one attached hydrogen (secondary N) is 1. The quantitative estimate of drug-likeness (QED) is 0.664. The Bertz CT molecular complexity index is 377. The molecule has 0 aliphatic rings. The highest BCUT2D eigenvalue weighted by Gasteiger charge is 2.20. The van der Waals surface area contributed by atoms with Gasteiger partial charge in [-0.3, -0.25) is 0 Å². The molecule has 114 valence electrons. The van der Waals surface area contributed by atoms with Crippen LogP contribution >= 0.6 is 0 Å². The Hall–Kier alpha value is -0.820. The second-order valence-corrected chi connectivity index (χ2v) is 6.66. The molecule has 0 radical (unpaired) electrons. The fraction of sp³-hybridized carbons (Fsp3) is 0.684. The number of hydrogen-bond donors (Lipinski definition) is 1. The van der Waals surface area contributed by atoms with Gasteiger partial charge in [0, 0.05) is 6.04 Å². The molecule has 1 heteroatoms. The Balaban J connectivity index is 2.93. The van der Waals surface area contributed by atoms with Crippen LogP contribution in [0.15, 0.2) is 24.3 Å². The van der Waals surface area contributed by atoms with Crippen molar-refractivity contribution in [2.45, 2.75) is 72.3 Å². The standard InChI is InChI=1S/C19H33N/c1-7-10-15(4)18(20-9-3)16-11-13-17(14-12-16)19(5,6)8-2/h11-15,18,20H,7-10H2,1-6H3. The van der Waals surface area contributed by atoms with E-state index in [0.717, 1.165) is 6.54 Å². The van der Waals surface area contributed by atoms with Crippen LogP contribution in [0.2, 0.25) is 0 Å². The van der Waals surface area contributed by atoms with Crippen molar-refractivity contribution in [3.8, 4) is 0 Å². The maximum atomic E-state index is 3.66. The zero-order valence-electron chi connectivity index (χ0n) is 14.3. The highest BCUT2D eigenvalue weighted by atomic mass is 14.9. The fourth-order valence-corrected chi connectivity index (χ4v) is 2.84. The highest BCUT2D eigenvalue weighted by Crippen LogP contribution is 2.30. The molecule has 0 aliphatic carbocycles. The van der Waals surface area contributed by atoms with Gasteiger partial charge in [0.05, 0.1) is 0 Å². The third kappa shape index (κ3) is 4.34. The van der Waals surface area contributed by atoms with E-state index in [2.05, 4.69) is 71.1 Å². The van der Waals surface area contributed by atoms with E-state index >= 15 is 0 Å². The maximum Gasteiger partial charge on any atom is 0.0345 e. The van der Waals surface area contributed by atoms with Crippen molar-refractivity contribution < 1.29 is 0 Å². The molecule has 1 aromatic rings. The van der Waals surface area contributed by atoms with Crippen molar-refractivity contribution in [2.24, 2.45) is 5.92 Å². The molecule has 0 saturated carbocycles. The summed E-state index contributed by atoms with van der Waals surface area (Å²) in [5, 5.41) is 3.66. The Labute approximate surface area is 126 Å². The molecule has 1 nitrogen and oxygen atoms in total. The van der Waals surface area contributed by atoms with E-state index in [0.29, 0.717) is 12.0 Å². The fourth-order valence-electron chi connectivity index (χ4n) is 2.84. The summed E-state index contributed by atoms with van der Waals surface area (Å²) in [6.45, 7) is 14.8. The molecule has 20 heavy (non-hydrogen) atoms. The van der Waals surface area contributed by atoms with Crippen molar-refractivity contribution in [2.75, 3.05) is 6.54 Å². The normalized spacial score (nSPS) is 15.1. The second kappa shape index (κ2) is 7.83. The molecule has 2 atom stereocenters. The molecule has 1 N–H and O–H groups in total. The van der Waals surface area contributed by atoms with Gasteiger partial charge in [-0.1, -0.05) is 72.2 Å². The van der Waals surface area contributed by atoms with Crippen LogP contribution in [-0.4, -0.2) is 6.54 Å². The number of hydrogen-bond acceptors (Lipinski definition) is 1. The Morgan fingerprint density at radius 1 is 1.05 bits per heavy atom. The largest absolute Gasteiger partial charge is 0.310 e. The van der Waals surface area contributed by atoms with Gasteiger partial charge in [-0.25, -0.2) is 0 Å². The van der Waals surface area contributed by atoms with Gasteiger partial charge in [-0.05, 0) is 41.8 Å². The summed E-state index contributed by atoms with van der Waals surface area (Å²) in [6.07, 6.45) is 3.71. The Kier molecular flexibility index (Phi) is 6.75. The molecule has 1 aromatic carbocycles. The van der Waals surface area contributed by atoms with E-state index in [1.807, 2.05) is 0 Å². The van der Waals surface area contributed by atoms with E-state index in [4.69, 9.17) is 0 Å². The SMILES string of the molecule is CCCC(C)C(NCC)c1ccc(C(C)(C)CC)cc1. The van der Waals surface area contributed by atoms with Crippen LogP contribution in [0.25, 0.3) is 0 Å². The molecule has 1 rings (SSSR count). The maximum absolute atomic E-state index is 3.66. The van der Waals surface area contributed by atoms with Crippen LogP contribution in [-0.2, 0) is 5.41 Å². The summed E-state index contributed by atoms with van der Waals surface area (Å²) >= 11 is 0. The molecule has 2 unspecified atom stereocenters. The first-order chi connectivity index (χ1) is 9.46. The highest BCUT2D eigenvalue weighted by molar-refractivity contribution is 5.30. The van der Waals surface area contributed by atoms with Gasteiger partial charge in [-0.2, -0.15) is 0 Å². The lowest BCUT2D eigenvalue weighted by atomic mass is 9.81. The molecule has 0 aliphatic heterocycles. The van der Waals surface area contributed by atoms with Crippen molar-refractivity contribution in [3.63, 3.8) is 0 Å². The minimum absolute atomic E-state index is 0.279. The number of rotatable bonds is 8. The zero-order valence-corrected chi connectivity index (χ0v) is 14.3. The van der Waals surface area contributed by atoms with Crippen LogP contribution in [0.1, 0.15) is 78.0 Å².